The smallest absolute Gasteiger partial charge is 0.335 e. The lowest BCUT2D eigenvalue weighted by Gasteiger charge is -2.39. The first kappa shape index (κ1) is 24.0. The molecular weight excluding hydrogens is 462 g/mol. The molecule has 186 valence electrons. The summed E-state index contributed by atoms with van der Waals surface area (Å²) in [7, 11) is 1.49. The number of rotatable bonds is 6. The van der Waals surface area contributed by atoms with Gasteiger partial charge in [-0.2, -0.15) is 0 Å². The van der Waals surface area contributed by atoms with E-state index in [0.717, 1.165) is 28.6 Å². The summed E-state index contributed by atoms with van der Waals surface area (Å²) in [5.41, 5.74) is 3.18. The molecule has 4 aromatic rings. The van der Waals surface area contributed by atoms with Crippen molar-refractivity contribution in [3.63, 3.8) is 0 Å². The average molecular weight is 491 g/mol. The number of nitrogens with one attached hydrogen (secondary N) is 1. The van der Waals surface area contributed by atoms with Crippen LogP contribution in [0.5, 0.6) is 5.75 Å². The number of hydrogen-bond donors (Lipinski definition) is 2. The molecule has 0 saturated carbocycles. The van der Waals surface area contributed by atoms with Crippen LogP contribution in [-0.4, -0.2) is 46.8 Å². The van der Waals surface area contributed by atoms with Gasteiger partial charge in [-0.3, -0.25) is 4.90 Å². The van der Waals surface area contributed by atoms with E-state index in [4.69, 9.17) is 4.74 Å². The topological polar surface area (TPSA) is 65.6 Å². The maximum absolute atomic E-state index is 16.0. The first-order valence-corrected chi connectivity index (χ1v) is 11.9. The summed E-state index contributed by atoms with van der Waals surface area (Å²) < 4.78 is 36.6. The Morgan fingerprint density at radius 1 is 1.14 bits per heavy atom. The number of H-pyrrole nitrogens is 1. The number of aromatic carboxylic acids is 1. The lowest BCUT2D eigenvalue weighted by molar-refractivity contribution is 0.0697. The molecule has 2 heterocycles. The minimum absolute atomic E-state index is 0.132. The molecule has 0 fully saturated rings. The fourth-order valence-corrected chi connectivity index (χ4v) is 5.27. The van der Waals surface area contributed by atoms with E-state index in [1.165, 1.54) is 39.2 Å². The number of alkyl halides is 1. The predicted octanol–water partition coefficient (Wildman–Crippen LogP) is 6.38. The molecular formula is C29H28F2N2O3. The number of halogens is 2. The Balaban J connectivity index is 1.66. The van der Waals surface area contributed by atoms with E-state index in [1.54, 1.807) is 18.2 Å². The van der Waals surface area contributed by atoms with Gasteiger partial charge in [0.05, 0.1) is 24.3 Å². The summed E-state index contributed by atoms with van der Waals surface area (Å²) in [6, 6.07) is 16.9. The van der Waals surface area contributed by atoms with Crippen molar-refractivity contribution in [1.82, 2.24) is 9.88 Å². The van der Waals surface area contributed by atoms with Crippen molar-refractivity contribution in [2.45, 2.75) is 32.0 Å². The molecule has 1 atom stereocenters. The molecule has 1 unspecified atom stereocenters. The number of aromatic nitrogens is 1. The van der Waals surface area contributed by atoms with Crippen molar-refractivity contribution in [2.75, 3.05) is 20.2 Å². The van der Waals surface area contributed by atoms with Crippen LogP contribution in [0.15, 0.2) is 60.7 Å². The van der Waals surface area contributed by atoms with Crippen molar-refractivity contribution >= 4 is 16.9 Å². The predicted molar refractivity (Wildman–Crippen MR) is 136 cm³/mol. The van der Waals surface area contributed by atoms with Gasteiger partial charge in [0.15, 0.2) is 0 Å². The highest BCUT2D eigenvalue weighted by molar-refractivity contribution is 5.88. The Labute approximate surface area is 208 Å². The van der Waals surface area contributed by atoms with Crippen LogP contribution < -0.4 is 4.74 Å². The molecule has 2 N–H and O–H groups in total. The van der Waals surface area contributed by atoms with Crippen LogP contribution in [0.2, 0.25) is 0 Å². The van der Waals surface area contributed by atoms with Gasteiger partial charge in [0.1, 0.15) is 17.2 Å². The Morgan fingerprint density at radius 3 is 2.53 bits per heavy atom. The molecule has 0 amide bonds. The number of fused-ring (bicyclic) bond motifs is 3. The lowest BCUT2D eigenvalue weighted by atomic mass is 9.89. The van der Waals surface area contributed by atoms with E-state index in [1.807, 2.05) is 29.2 Å². The first-order chi connectivity index (χ1) is 17.2. The quantitative estimate of drug-likeness (QED) is 0.329. The van der Waals surface area contributed by atoms with Gasteiger partial charge in [0.2, 0.25) is 0 Å². The molecule has 1 aliphatic rings. The summed E-state index contributed by atoms with van der Waals surface area (Å²) in [6.07, 6.45) is 0.726. The number of hydrogen-bond acceptors (Lipinski definition) is 3. The third-order valence-corrected chi connectivity index (χ3v) is 6.76. The van der Waals surface area contributed by atoms with Gasteiger partial charge in [-0.1, -0.05) is 30.3 Å². The third-order valence-electron chi connectivity index (χ3n) is 6.76. The zero-order valence-corrected chi connectivity index (χ0v) is 20.4. The summed E-state index contributed by atoms with van der Waals surface area (Å²) in [4.78, 5) is 16.7. The normalized spacial score (nSPS) is 16.2. The molecule has 0 bridgehead atoms. The molecule has 5 rings (SSSR count). The van der Waals surface area contributed by atoms with Gasteiger partial charge >= 0.3 is 5.97 Å². The number of carboxylic acid groups (broad SMARTS) is 1. The van der Waals surface area contributed by atoms with Crippen LogP contribution in [0.1, 0.15) is 47.1 Å². The molecule has 0 aliphatic carbocycles. The summed E-state index contributed by atoms with van der Waals surface area (Å²) >= 11 is 0. The van der Waals surface area contributed by atoms with Gasteiger partial charge in [-0.15, -0.1) is 0 Å². The fraction of sp³-hybridized carbons (Fsp3) is 0.276. The monoisotopic (exact) mass is 490 g/mol. The highest BCUT2D eigenvalue weighted by Crippen LogP contribution is 2.44. The minimum atomic E-state index is -1.47. The molecule has 1 aliphatic heterocycles. The van der Waals surface area contributed by atoms with Gasteiger partial charge < -0.3 is 14.8 Å². The Hall–Kier alpha value is -3.71. The number of para-hydroxylation sites is 1. The number of methoxy groups -OCH3 is 1. The van der Waals surface area contributed by atoms with Crippen LogP contribution >= 0.6 is 0 Å². The second-order valence-electron chi connectivity index (χ2n) is 9.86. The summed E-state index contributed by atoms with van der Waals surface area (Å²) in [5.74, 6) is -1.14. The van der Waals surface area contributed by atoms with Crippen LogP contribution in [0.25, 0.3) is 22.0 Å². The van der Waals surface area contributed by atoms with Crippen LogP contribution in [-0.2, 0) is 6.42 Å². The Bertz CT molecular complexity index is 1440. The number of ether oxygens (including phenoxy) is 1. The summed E-state index contributed by atoms with van der Waals surface area (Å²) in [5, 5.41) is 10.3. The zero-order valence-electron chi connectivity index (χ0n) is 20.4. The maximum Gasteiger partial charge on any atom is 0.335 e. The van der Waals surface area contributed by atoms with Crippen LogP contribution in [0, 0.1) is 5.82 Å². The van der Waals surface area contributed by atoms with E-state index < -0.39 is 23.5 Å². The lowest BCUT2D eigenvalue weighted by Crippen LogP contribution is -2.43. The van der Waals surface area contributed by atoms with Crippen molar-refractivity contribution in [2.24, 2.45) is 0 Å². The van der Waals surface area contributed by atoms with Crippen LogP contribution in [0.4, 0.5) is 8.78 Å². The second-order valence-corrected chi connectivity index (χ2v) is 9.86. The van der Waals surface area contributed by atoms with E-state index in [9.17, 15) is 14.3 Å². The highest BCUT2D eigenvalue weighted by atomic mass is 19.1. The molecule has 0 saturated heterocycles. The third kappa shape index (κ3) is 4.35. The SMILES string of the molecule is COc1cc(-c2ccc(C(=O)O)cc2)cc(F)c1C1c2[nH]c3ccccc3c2CCN1CC(C)(C)F. The number of carboxylic acids is 1. The zero-order chi connectivity index (χ0) is 25.6. The average Bonchev–Trinajstić information content (AvgIpc) is 3.22. The van der Waals surface area contributed by atoms with Crippen molar-refractivity contribution in [1.29, 1.82) is 0 Å². The van der Waals surface area contributed by atoms with Gasteiger partial charge in [-0.25, -0.2) is 13.6 Å². The van der Waals surface area contributed by atoms with E-state index >= 15 is 4.39 Å². The first-order valence-electron chi connectivity index (χ1n) is 11.9. The molecule has 5 nitrogen and oxygen atoms in total. The van der Waals surface area contributed by atoms with Crippen LogP contribution in [0.3, 0.4) is 0 Å². The van der Waals surface area contributed by atoms with E-state index in [-0.39, 0.29) is 12.1 Å². The largest absolute Gasteiger partial charge is 0.496 e. The minimum Gasteiger partial charge on any atom is -0.496 e. The van der Waals surface area contributed by atoms with Crippen molar-refractivity contribution in [3.05, 3.63) is 88.9 Å². The molecule has 0 spiro atoms. The second kappa shape index (κ2) is 9.06. The Morgan fingerprint density at radius 2 is 1.86 bits per heavy atom. The maximum atomic E-state index is 16.0. The summed E-state index contributed by atoms with van der Waals surface area (Å²) in [6.45, 7) is 3.77. The molecule has 36 heavy (non-hydrogen) atoms. The number of aromatic amines is 1. The van der Waals surface area contributed by atoms with Gasteiger partial charge in [0.25, 0.3) is 0 Å². The van der Waals surface area contributed by atoms with E-state index in [0.29, 0.717) is 29.0 Å². The standard InChI is InChI=1S/C29H28F2N2O3/c1-29(2,31)16-33-13-12-21-20-6-4-5-7-23(20)32-26(21)27(33)25-22(30)14-19(15-24(25)36-3)17-8-10-18(11-9-17)28(34)35/h4-11,14-15,27,32H,12-13,16H2,1-3H3,(H,34,35). The Kier molecular flexibility index (Phi) is 6.04. The van der Waals surface area contributed by atoms with Crippen molar-refractivity contribution < 1.29 is 23.4 Å². The molecule has 1 aromatic heterocycles. The molecule has 3 aromatic carbocycles. The number of benzene rings is 3. The van der Waals surface area contributed by atoms with Gasteiger partial charge in [-0.05, 0) is 67.3 Å². The van der Waals surface area contributed by atoms with E-state index in [2.05, 4.69) is 4.98 Å². The number of nitrogens with zero attached hydrogens (tertiary/aromatic N) is 1. The van der Waals surface area contributed by atoms with Gasteiger partial charge in [0, 0.05) is 29.7 Å². The van der Waals surface area contributed by atoms with Crippen molar-refractivity contribution in [3.8, 4) is 16.9 Å². The highest BCUT2D eigenvalue weighted by Gasteiger charge is 2.38. The molecule has 0 radical (unpaired) electrons. The molecule has 7 heteroatoms. The fourth-order valence-electron chi connectivity index (χ4n) is 5.27. The number of carbonyl (C=O) groups is 1.